The topological polar surface area (TPSA) is 94.9 Å². The number of aryl methyl sites for hydroxylation is 2. The maximum Gasteiger partial charge on any atom is 0.271 e. The van der Waals surface area contributed by atoms with Crippen LogP contribution in [0.3, 0.4) is 0 Å². The Morgan fingerprint density at radius 1 is 1.28 bits per heavy atom. The maximum atomic E-state index is 12.0. The minimum absolute atomic E-state index is 0.00732. The molecular weight excluding hydrogens is 360 g/mol. The van der Waals surface area contributed by atoms with Gasteiger partial charge in [0.1, 0.15) is 11.1 Å². The first-order valence-electron chi connectivity index (χ1n) is 7.27. The summed E-state index contributed by atoms with van der Waals surface area (Å²) in [6.07, 6.45) is 0. The monoisotopic (exact) mass is 374 g/mol. The molecule has 2 amide bonds. The summed E-state index contributed by atoms with van der Waals surface area (Å²) in [5.74, 6) is -0.922. The van der Waals surface area contributed by atoms with Crippen LogP contribution in [0, 0.1) is 25.2 Å². The fraction of sp³-hybridized carbons (Fsp3) is 0.176. The number of rotatable bonds is 4. The van der Waals surface area contributed by atoms with Gasteiger partial charge in [-0.3, -0.25) is 20.4 Å². The predicted octanol–water partition coefficient (Wildman–Crippen LogP) is 2.78. The van der Waals surface area contributed by atoms with E-state index in [9.17, 15) is 14.9 Å². The molecule has 0 fully saturated rings. The number of carbonyl (C=O) groups excluding carboxylic acids is 2. The third-order valence-electron chi connectivity index (χ3n) is 3.20. The fourth-order valence-electron chi connectivity index (χ4n) is 2.05. The van der Waals surface area contributed by atoms with Gasteiger partial charge in [-0.1, -0.05) is 35.5 Å². The van der Waals surface area contributed by atoms with E-state index in [2.05, 4.69) is 21.9 Å². The first-order valence-corrected chi connectivity index (χ1v) is 8.63. The molecule has 0 aliphatic rings. The summed E-state index contributed by atoms with van der Waals surface area (Å²) >= 11 is 7.06. The van der Waals surface area contributed by atoms with Crippen molar-refractivity contribution < 1.29 is 9.59 Å². The van der Waals surface area contributed by atoms with E-state index in [1.807, 2.05) is 19.9 Å². The van der Waals surface area contributed by atoms with Gasteiger partial charge in [-0.05, 0) is 37.6 Å². The van der Waals surface area contributed by atoms with E-state index in [1.54, 1.807) is 24.3 Å². The van der Waals surface area contributed by atoms with Crippen LogP contribution >= 0.6 is 23.4 Å². The van der Waals surface area contributed by atoms with Crippen molar-refractivity contribution in [1.82, 2.24) is 15.8 Å². The van der Waals surface area contributed by atoms with Gasteiger partial charge in [-0.2, -0.15) is 5.26 Å². The quantitative estimate of drug-likeness (QED) is 0.633. The Labute approximate surface area is 154 Å². The predicted molar refractivity (Wildman–Crippen MR) is 96.2 cm³/mol. The number of halogens is 1. The molecule has 0 saturated heterocycles. The van der Waals surface area contributed by atoms with Gasteiger partial charge in [-0.25, -0.2) is 4.98 Å². The van der Waals surface area contributed by atoms with Crippen molar-refractivity contribution >= 4 is 35.2 Å². The Morgan fingerprint density at radius 2 is 2.00 bits per heavy atom. The second-order valence-corrected chi connectivity index (χ2v) is 6.51. The largest absolute Gasteiger partial charge is 0.272 e. The van der Waals surface area contributed by atoms with E-state index in [-0.39, 0.29) is 11.3 Å². The van der Waals surface area contributed by atoms with Crippen LogP contribution in [-0.2, 0) is 4.79 Å². The summed E-state index contributed by atoms with van der Waals surface area (Å²) in [4.78, 5) is 28.2. The zero-order valence-electron chi connectivity index (χ0n) is 13.6. The Balaban J connectivity index is 1.93. The molecule has 1 aromatic carbocycles. The molecule has 2 aromatic rings. The number of nitrogens with zero attached hydrogens (tertiary/aromatic N) is 2. The van der Waals surface area contributed by atoms with Crippen LogP contribution in [0.1, 0.15) is 27.2 Å². The highest BCUT2D eigenvalue weighted by molar-refractivity contribution is 8.00. The van der Waals surface area contributed by atoms with Crippen LogP contribution in [0.5, 0.6) is 0 Å². The number of carbonyl (C=O) groups is 2. The van der Waals surface area contributed by atoms with Gasteiger partial charge < -0.3 is 0 Å². The lowest BCUT2D eigenvalue weighted by atomic mass is 10.1. The van der Waals surface area contributed by atoms with Gasteiger partial charge in [0.05, 0.1) is 21.9 Å². The van der Waals surface area contributed by atoms with Gasteiger partial charge in [-0.15, -0.1) is 0 Å². The molecular formula is C17H15ClN4O2S. The summed E-state index contributed by atoms with van der Waals surface area (Å²) in [7, 11) is 0. The van der Waals surface area contributed by atoms with Crippen LogP contribution in [0.25, 0.3) is 0 Å². The summed E-state index contributed by atoms with van der Waals surface area (Å²) < 4.78 is 0. The lowest BCUT2D eigenvalue weighted by Crippen LogP contribution is -2.42. The van der Waals surface area contributed by atoms with Crippen molar-refractivity contribution in [2.24, 2.45) is 0 Å². The molecule has 0 unspecified atom stereocenters. The molecule has 0 atom stereocenters. The van der Waals surface area contributed by atoms with Crippen molar-refractivity contribution in [1.29, 1.82) is 5.26 Å². The summed E-state index contributed by atoms with van der Waals surface area (Å²) in [5, 5.41) is 10.00. The summed E-state index contributed by atoms with van der Waals surface area (Å²) in [6.45, 7) is 3.64. The SMILES string of the molecule is Cc1cc(C)c(C#N)c(SCC(=O)NNC(=O)c2ccccc2Cl)n1. The third kappa shape index (κ3) is 4.95. The Hall–Kier alpha value is -2.56. The Bertz CT molecular complexity index is 864. The molecule has 1 heterocycles. The molecule has 0 aliphatic heterocycles. The van der Waals surface area contributed by atoms with Crippen LogP contribution in [0.15, 0.2) is 35.4 Å². The average molecular weight is 375 g/mol. The summed E-state index contributed by atoms with van der Waals surface area (Å²) in [6, 6.07) is 10.4. The van der Waals surface area contributed by atoms with Gasteiger partial charge in [0.15, 0.2) is 0 Å². The maximum absolute atomic E-state index is 12.0. The number of nitrogens with one attached hydrogen (secondary N) is 2. The van der Waals surface area contributed by atoms with E-state index in [1.165, 1.54) is 0 Å². The molecule has 6 nitrogen and oxygen atoms in total. The van der Waals surface area contributed by atoms with E-state index in [4.69, 9.17) is 11.6 Å². The van der Waals surface area contributed by atoms with Crippen molar-refractivity contribution in [3.05, 3.63) is 57.7 Å². The number of hydrogen-bond acceptors (Lipinski definition) is 5. The average Bonchev–Trinajstić information content (AvgIpc) is 2.57. The minimum Gasteiger partial charge on any atom is -0.272 e. The van der Waals surface area contributed by atoms with Crippen LogP contribution in [-0.4, -0.2) is 22.6 Å². The number of thioether (sulfide) groups is 1. The molecule has 2 rings (SSSR count). The lowest BCUT2D eigenvalue weighted by molar-refractivity contribution is -0.119. The van der Waals surface area contributed by atoms with Crippen LogP contribution < -0.4 is 10.9 Å². The first-order chi connectivity index (χ1) is 11.9. The molecule has 1 aromatic heterocycles. The number of benzene rings is 1. The number of hydrogen-bond donors (Lipinski definition) is 2. The lowest BCUT2D eigenvalue weighted by Gasteiger charge is -2.09. The van der Waals surface area contributed by atoms with Crippen molar-refractivity contribution in [2.75, 3.05) is 5.75 Å². The number of nitriles is 1. The van der Waals surface area contributed by atoms with Crippen molar-refractivity contribution in [3.8, 4) is 6.07 Å². The number of amides is 2. The van der Waals surface area contributed by atoms with Gasteiger partial charge in [0.25, 0.3) is 5.91 Å². The number of hydrazine groups is 1. The highest BCUT2D eigenvalue weighted by Crippen LogP contribution is 2.23. The normalized spacial score (nSPS) is 10.0. The molecule has 0 bridgehead atoms. The molecule has 25 heavy (non-hydrogen) atoms. The third-order valence-corrected chi connectivity index (χ3v) is 4.50. The molecule has 128 valence electrons. The minimum atomic E-state index is -0.508. The van der Waals surface area contributed by atoms with Gasteiger partial charge in [0.2, 0.25) is 5.91 Å². The Kier molecular flexibility index (Phi) is 6.39. The van der Waals surface area contributed by atoms with Crippen LogP contribution in [0.4, 0.5) is 0 Å². The van der Waals surface area contributed by atoms with Crippen molar-refractivity contribution in [3.63, 3.8) is 0 Å². The summed E-state index contributed by atoms with van der Waals surface area (Å²) in [5.41, 5.74) is 6.91. The Morgan fingerprint density at radius 3 is 2.68 bits per heavy atom. The highest BCUT2D eigenvalue weighted by atomic mass is 35.5. The first kappa shape index (κ1) is 18.8. The van der Waals surface area contributed by atoms with Crippen molar-refractivity contribution in [2.45, 2.75) is 18.9 Å². The molecule has 0 radical (unpaired) electrons. The standard InChI is InChI=1S/C17H15ClN4O2S/c1-10-7-11(2)20-17(13(10)8-19)25-9-15(23)21-22-16(24)12-5-3-4-6-14(12)18/h3-7H,9H2,1-2H3,(H,21,23)(H,22,24). The second kappa shape index (κ2) is 8.51. The van der Waals surface area contributed by atoms with Gasteiger partial charge >= 0.3 is 0 Å². The van der Waals surface area contributed by atoms with Crippen LogP contribution in [0.2, 0.25) is 5.02 Å². The molecule has 0 aliphatic carbocycles. The van der Waals surface area contributed by atoms with Gasteiger partial charge in [0, 0.05) is 5.69 Å². The zero-order valence-corrected chi connectivity index (χ0v) is 15.2. The van der Waals surface area contributed by atoms with E-state index in [0.717, 1.165) is 23.0 Å². The van der Waals surface area contributed by atoms with E-state index >= 15 is 0 Å². The second-order valence-electron chi connectivity index (χ2n) is 5.14. The van der Waals surface area contributed by atoms with E-state index < -0.39 is 11.8 Å². The number of pyridine rings is 1. The molecule has 2 N–H and O–H groups in total. The zero-order chi connectivity index (χ0) is 18.4. The smallest absolute Gasteiger partial charge is 0.271 e. The molecule has 8 heteroatoms. The molecule has 0 spiro atoms. The number of aromatic nitrogens is 1. The fourth-order valence-corrected chi connectivity index (χ4v) is 3.17. The highest BCUT2D eigenvalue weighted by Gasteiger charge is 2.13. The molecule has 0 saturated carbocycles. The van der Waals surface area contributed by atoms with E-state index in [0.29, 0.717) is 15.6 Å².